The van der Waals surface area contributed by atoms with E-state index in [1.165, 1.54) is 41.5 Å². The van der Waals surface area contributed by atoms with Crippen molar-refractivity contribution in [3.05, 3.63) is 107 Å². The lowest BCUT2D eigenvalue weighted by Crippen LogP contribution is -2.37. The van der Waals surface area contributed by atoms with Crippen LogP contribution in [0.1, 0.15) is 47.9 Å². The molecule has 4 rings (SSSR count). The molecule has 3 aromatic rings. The zero-order valence-electron chi connectivity index (χ0n) is 14.3. The molecule has 1 aliphatic rings. The van der Waals surface area contributed by atoms with Crippen LogP contribution in [0.5, 0.6) is 0 Å². The van der Waals surface area contributed by atoms with Gasteiger partial charge in [0.05, 0.1) is 0 Å². The third-order valence-electron chi connectivity index (χ3n) is 5.84. The highest BCUT2D eigenvalue weighted by molar-refractivity contribution is 5.49. The van der Waals surface area contributed by atoms with Crippen LogP contribution in [-0.4, -0.2) is 0 Å². The monoisotopic (exact) mass is 312 g/mol. The molecule has 0 radical (unpaired) electrons. The molecule has 0 aromatic heterocycles. The summed E-state index contributed by atoms with van der Waals surface area (Å²) >= 11 is 0. The predicted molar refractivity (Wildman–Crippen MR) is 101 cm³/mol. The smallest absolute Gasteiger partial charge is 0.0271 e. The van der Waals surface area contributed by atoms with E-state index in [1.807, 2.05) is 0 Å². The van der Waals surface area contributed by atoms with Crippen LogP contribution in [0, 0.1) is 0 Å². The van der Waals surface area contributed by atoms with Crippen LogP contribution < -0.4 is 0 Å². The van der Waals surface area contributed by atoms with Gasteiger partial charge in [-0.2, -0.15) is 0 Å². The van der Waals surface area contributed by atoms with Gasteiger partial charge in [0, 0.05) is 5.41 Å². The highest BCUT2D eigenvalue weighted by Gasteiger charge is 2.42. The maximum atomic E-state index is 2.41. The Morgan fingerprint density at radius 1 is 0.750 bits per heavy atom. The molecule has 2 atom stereocenters. The summed E-state index contributed by atoms with van der Waals surface area (Å²) in [5.74, 6) is 0.447. The summed E-state index contributed by atoms with van der Waals surface area (Å²) in [6.07, 6.45) is 3.67. The van der Waals surface area contributed by atoms with Gasteiger partial charge in [0.2, 0.25) is 0 Å². The molecule has 24 heavy (non-hydrogen) atoms. The Bertz CT molecular complexity index is 804. The second-order valence-corrected chi connectivity index (χ2v) is 6.98. The van der Waals surface area contributed by atoms with Crippen molar-refractivity contribution < 1.29 is 0 Å². The minimum absolute atomic E-state index is 0.0669. The fraction of sp³-hybridized carbons (Fsp3) is 0.250. The van der Waals surface area contributed by atoms with Crippen LogP contribution in [0.25, 0.3) is 0 Å². The third-order valence-corrected chi connectivity index (χ3v) is 5.84. The quantitative estimate of drug-likeness (QED) is 0.547. The average molecular weight is 312 g/mol. The van der Waals surface area contributed by atoms with Gasteiger partial charge in [-0.3, -0.25) is 0 Å². The van der Waals surface area contributed by atoms with E-state index in [-0.39, 0.29) is 5.41 Å². The van der Waals surface area contributed by atoms with Crippen LogP contribution in [0.3, 0.4) is 0 Å². The fourth-order valence-corrected chi connectivity index (χ4v) is 4.63. The summed E-state index contributed by atoms with van der Waals surface area (Å²) in [6.45, 7) is 2.41. The van der Waals surface area contributed by atoms with E-state index in [0.717, 1.165) is 0 Å². The van der Waals surface area contributed by atoms with Gasteiger partial charge in [0.1, 0.15) is 0 Å². The van der Waals surface area contributed by atoms with Crippen molar-refractivity contribution in [2.24, 2.45) is 0 Å². The first-order valence-electron chi connectivity index (χ1n) is 9.01. The largest absolute Gasteiger partial charge is 0.0622 e. The average Bonchev–Trinajstić information content (AvgIpc) is 2.68. The van der Waals surface area contributed by atoms with E-state index in [0.29, 0.717) is 5.92 Å². The van der Waals surface area contributed by atoms with Crippen LogP contribution in [0.4, 0.5) is 0 Å². The maximum absolute atomic E-state index is 2.41. The molecule has 1 unspecified atom stereocenters. The van der Waals surface area contributed by atoms with Gasteiger partial charge in [-0.05, 0) is 47.4 Å². The SMILES string of the molecule is CC(c1ccccc1)[C@@]1(c2ccccc2)CCCc2ccccc21. The number of fused-ring (bicyclic) bond motifs is 1. The van der Waals surface area contributed by atoms with E-state index in [1.54, 1.807) is 0 Å². The molecular weight excluding hydrogens is 288 g/mol. The molecule has 0 aliphatic heterocycles. The molecule has 0 heterocycles. The van der Waals surface area contributed by atoms with Crippen molar-refractivity contribution in [3.63, 3.8) is 0 Å². The van der Waals surface area contributed by atoms with Crippen LogP contribution >= 0.6 is 0 Å². The Hall–Kier alpha value is -2.34. The summed E-state index contributed by atoms with van der Waals surface area (Å²) in [5, 5.41) is 0. The van der Waals surface area contributed by atoms with Gasteiger partial charge >= 0.3 is 0 Å². The Morgan fingerprint density at radius 2 is 1.38 bits per heavy atom. The molecular formula is C24H24. The molecule has 3 aromatic carbocycles. The van der Waals surface area contributed by atoms with E-state index >= 15 is 0 Å². The molecule has 1 aliphatic carbocycles. The lowest BCUT2D eigenvalue weighted by molar-refractivity contribution is 0.367. The molecule has 0 saturated carbocycles. The van der Waals surface area contributed by atoms with E-state index in [9.17, 15) is 0 Å². The Labute approximate surface area is 145 Å². The standard InChI is InChI=1S/C24H24/c1-19(20-11-4-2-5-12-20)24(22-15-6-3-7-16-22)18-10-14-21-13-8-9-17-23(21)24/h2-9,11-13,15-17,19H,10,14,18H2,1H3/t19?,24-/m1/s1. The number of aryl methyl sites for hydroxylation is 1. The van der Waals surface area contributed by atoms with Crippen molar-refractivity contribution in [2.45, 2.75) is 37.5 Å². The zero-order valence-corrected chi connectivity index (χ0v) is 14.3. The molecule has 0 amide bonds. The highest BCUT2D eigenvalue weighted by Crippen LogP contribution is 2.51. The Morgan fingerprint density at radius 3 is 2.12 bits per heavy atom. The van der Waals surface area contributed by atoms with Gasteiger partial charge in [-0.1, -0.05) is 91.9 Å². The van der Waals surface area contributed by atoms with Crippen molar-refractivity contribution in [2.75, 3.05) is 0 Å². The van der Waals surface area contributed by atoms with Gasteiger partial charge in [0.25, 0.3) is 0 Å². The topological polar surface area (TPSA) is 0 Å². The van der Waals surface area contributed by atoms with Gasteiger partial charge in [-0.25, -0.2) is 0 Å². The first-order chi connectivity index (χ1) is 11.8. The number of benzene rings is 3. The second-order valence-electron chi connectivity index (χ2n) is 6.98. The van der Waals surface area contributed by atoms with E-state index < -0.39 is 0 Å². The molecule has 120 valence electrons. The third kappa shape index (κ3) is 2.38. The minimum atomic E-state index is 0.0669. The Balaban J connectivity index is 1.96. The number of rotatable bonds is 3. The van der Waals surface area contributed by atoms with Crippen LogP contribution in [0.2, 0.25) is 0 Å². The Kier molecular flexibility index (Phi) is 3.98. The first kappa shape index (κ1) is 15.2. The number of hydrogen-bond acceptors (Lipinski definition) is 0. The molecule has 0 spiro atoms. The van der Waals surface area contributed by atoms with Crippen molar-refractivity contribution in [1.82, 2.24) is 0 Å². The van der Waals surface area contributed by atoms with Crippen molar-refractivity contribution in [1.29, 1.82) is 0 Å². The second kappa shape index (κ2) is 6.28. The van der Waals surface area contributed by atoms with E-state index in [2.05, 4.69) is 91.9 Å². The van der Waals surface area contributed by atoms with Gasteiger partial charge in [0.15, 0.2) is 0 Å². The maximum Gasteiger partial charge on any atom is 0.0271 e. The van der Waals surface area contributed by atoms with Gasteiger partial charge in [-0.15, -0.1) is 0 Å². The zero-order chi connectivity index (χ0) is 16.4. The molecule has 0 nitrogen and oxygen atoms in total. The van der Waals surface area contributed by atoms with Crippen LogP contribution in [0.15, 0.2) is 84.9 Å². The summed E-state index contributed by atoms with van der Waals surface area (Å²) in [7, 11) is 0. The molecule has 0 saturated heterocycles. The summed E-state index contributed by atoms with van der Waals surface area (Å²) in [5.41, 5.74) is 6.00. The molecule has 0 heteroatoms. The lowest BCUT2D eigenvalue weighted by atomic mass is 9.58. The van der Waals surface area contributed by atoms with E-state index in [4.69, 9.17) is 0 Å². The highest BCUT2D eigenvalue weighted by atomic mass is 14.5. The first-order valence-corrected chi connectivity index (χ1v) is 9.01. The van der Waals surface area contributed by atoms with Crippen molar-refractivity contribution >= 4 is 0 Å². The minimum Gasteiger partial charge on any atom is -0.0622 e. The summed E-state index contributed by atoms with van der Waals surface area (Å²) in [4.78, 5) is 0. The normalized spacial score (nSPS) is 21.0. The van der Waals surface area contributed by atoms with Gasteiger partial charge < -0.3 is 0 Å². The predicted octanol–water partition coefficient (Wildman–Crippen LogP) is 6.11. The number of hydrogen-bond donors (Lipinski definition) is 0. The lowest BCUT2D eigenvalue weighted by Gasteiger charge is -2.45. The summed E-state index contributed by atoms with van der Waals surface area (Å²) in [6, 6.07) is 31.2. The molecule has 0 N–H and O–H groups in total. The molecule has 0 fully saturated rings. The van der Waals surface area contributed by atoms with Crippen LogP contribution in [-0.2, 0) is 11.8 Å². The summed E-state index contributed by atoms with van der Waals surface area (Å²) < 4.78 is 0. The van der Waals surface area contributed by atoms with Crippen molar-refractivity contribution in [3.8, 4) is 0 Å². The fourth-order valence-electron chi connectivity index (χ4n) is 4.63. The molecule has 0 bridgehead atoms.